The SMILES string of the molecule is O=C(Nc1ccc(Cl)c(Cl)c1)C1CCCCN1C(=O)c1ccoc1. The van der Waals surface area contributed by atoms with Crippen LogP contribution >= 0.6 is 23.2 Å². The molecule has 126 valence electrons. The number of hydrogen-bond donors (Lipinski definition) is 1. The standard InChI is InChI=1S/C17H16Cl2N2O3/c18-13-5-4-12(9-14(13)19)20-16(22)15-3-1-2-7-21(15)17(23)11-6-8-24-10-11/h4-6,8-10,15H,1-3,7H2,(H,20,22). The molecule has 1 unspecified atom stereocenters. The molecule has 1 saturated heterocycles. The maximum absolute atomic E-state index is 12.6. The van der Waals surface area contributed by atoms with Crippen molar-refractivity contribution in [3.63, 3.8) is 0 Å². The Bertz CT molecular complexity index is 746. The Hall–Kier alpha value is -1.98. The van der Waals surface area contributed by atoms with Crippen molar-refractivity contribution in [3.05, 3.63) is 52.4 Å². The molecular formula is C17H16Cl2N2O3. The first kappa shape index (κ1) is 16.9. The van der Waals surface area contributed by atoms with E-state index in [4.69, 9.17) is 27.6 Å². The van der Waals surface area contributed by atoms with Gasteiger partial charge in [-0.2, -0.15) is 0 Å². The molecule has 1 fully saturated rings. The molecule has 5 nitrogen and oxygen atoms in total. The third-order valence-corrected chi connectivity index (χ3v) is 4.76. The second-order valence-corrected chi connectivity index (χ2v) is 6.45. The van der Waals surface area contributed by atoms with Crippen molar-refractivity contribution in [1.29, 1.82) is 0 Å². The Kier molecular flexibility index (Phi) is 5.11. The van der Waals surface area contributed by atoms with Gasteiger partial charge in [-0.25, -0.2) is 0 Å². The molecule has 24 heavy (non-hydrogen) atoms. The van der Waals surface area contributed by atoms with E-state index in [1.807, 2.05) is 0 Å². The molecule has 2 amide bonds. The number of benzene rings is 1. The molecule has 3 rings (SSSR count). The maximum atomic E-state index is 12.6. The van der Waals surface area contributed by atoms with Gasteiger partial charge in [0.15, 0.2) is 0 Å². The molecule has 1 aliphatic heterocycles. The van der Waals surface area contributed by atoms with E-state index in [1.54, 1.807) is 29.2 Å². The lowest BCUT2D eigenvalue weighted by molar-refractivity contribution is -0.121. The number of piperidine rings is 1. The molecule has 7 heteroatoms. The summed E-state index contributed by atoms with van der Waals surface area (Å²) >= 11 is 11.9. The molecule has 2 aromatic rings. The van der Waals surface area contributed by atoms with E-state index in [0.29, 0.717) is 34.3 Å². The van der Waals surface area contributed by atoms with Crippen molar-refractivity contribution in [2.45, 2.75) is 25.3 Å². The number of nitrogens with one attached hydrogen (secondary N) is 1. The van der Waals surface area contributed by atoms with Crippen LogP contribution in [0.25, 0.3) is 0 Å². The first-order chi connectivity index (χ1) is 11.6. The normalized spacial score (nSPS) is 17.6. The Morgan fingerprint density at radius 2 is 2.00 bits per heavy atom. The van der Waals surface area contributed by atoms with Gasteiger partial charge < -0.3 is 14.6 Å². The molecule has 1 aromatic carbocycles. The largest absolute Gasteiger partial charge is 0.472 e. The molecule has 1 N–H and O–H groups in total. The van der Waals surface area contributed by atoms with E-state index in [0.717, 1.165) is 12.8 Å². The van der Waals surface area contributed by atoms with E-state index in [2.05, 4.69) is 5.32 Å². The summed E-state index contributed by atoms with van der Waals surface area (Å²) in [5.41, 5.74) is 1.000. The summed E-state index contributed by atoms with van der Waals surface area (Å²) in [7, 11) is 0. The molecule has 0 radical (unpaired) electrons. The van der Waals surface area contributed by atoms with Gasteiger partial charge in [-0.1, -0.05) is 23.2 Å². The summed E-state index contributed by atoms with van der Waals surface area (Å²) in [6.07, 6.45) is 5.23. The van der Waals surface area contributed by atoms with Gasteiger partial charge in [-0.3, -0.25) is 9.59 Å². The fourth-order valence-electron chi connectivity index (χ4n) is 2.80. The van der Waals surface area contributed by atoms with Crippen LogP contribution in [-0.2, 0) is 4.79 Å². The van der Waals surface area contributed by atoms with Gasteiger partial charge in [-0.05, 0) is 43.5 Å². The van der Waals surface area contributed by atoms with E-state index in [1.165, 1.54) is 12.5 Å². The predicted octanol–water partition coefficient (Wildman–Crippen LogP) is 4.22. The minimum absolute atomic E-state index is 0.197. The number of halogens is 2. The zero-order chi connectivity index (χ0) is 17.1. The summed E-state index contributed by atoms with van der Waals surface area (Å²) in [5.74, 6) is -0.428. The third kappa shape index (κ3) is 3.57. The number of hydrogen-bond acceptors (Lipinski definition) is 3. The highest BCUT2D eigenvalue weighted by Crippen LogP contribution is 2.26. The van der Waals surface area contributed by atoms with Crippen LogP contribution in [-0.4, -0.2) is 29.3 Å². The van der Waals surface area contributed by atoms with Gasteiger partial charge in [0.05, 0.1) is 21.9 Å². The van der Waals surface area contributed by atoms with Crippen molar-refractivity contribution in [3.8, 4) is 0 Å². The Morgan fingerprint density at radius 3 is 2.71 bits per heavy atom. The lowest BCUT2D eigenvalue weighted by atomic mass is 10.0. The minimum Gasteiger partial charge on any atom is -0.472 e. The average Bonchev–Trinajstić information content (AvgIpc) is 3.12. The van der Waals surface area contributed by atoms with Crippen molar-refractivity contribution in [2.24, 2.45) is 0 Å². The van der Waals surface area contributed by atoms with Crippen molar-refractivity contribution < 1.29 is 14.0 Å². The van der Waals surface area contributed by atoms with Crippen molar-refractivity contribution in [1.82, 2.24) is 4.90 Å². The molecule has 0 saturated carbocycles. The summed E-state index contributed by atoms with van der Waals surface area (Å²) in [5, 5.41) is 3.60. The van der Waals surface area contributed by atoms with Gasteiger partial charge in [0.2, 0.25) is 5.91 Å². The van der Waals surface area contributed by atoms with Crippen LogP contribution in [0.5, 0.6) is 0 Å². The van der Waals surface area contributed by atoms with Crippen LogP contribution in [0.3, 0.4) is 0 Å². The van der Waals surface area contributed by atoms with Crippen molar-refractivity contribution in [2.75, 3.05) is 11.9 Å². The predicted molar refractivity (Wildman–Crippen MR) is 92.5 cm³/mol. The van der Waals surface area contributed by atoms with Gasteiger partial charge in [0.1, 0.15) is 12.3 Å². The van der Waals surface area contributed by atoms with Gasteiger partial charge in [0, 0.05) is 12.2 Å². The minimum atomic E-state index is -0.518. The highest BCUT2D eigenvalue weighted by molar-refractivity contribution is 6.42. The lowest BCUT2D eigenvalue weighted by Crippen LogP contribution is -2.49. The Balaban J connectivity index is 1.75. The van der Waals surface area contributed by atoms with Gasteiger partial charge in [-0.15, -0.1) is 0 Å². The van der Waals surface area contributed by atoms with E-state index in [9.17, 15) is 9.59 Å². The maximum Gasteiger partial charge on any atom is 0.257 e. The quantitative estimate of drug-likeness (QED) is 0.884. The molecule has 2 heterocycles. The number of amides is 2. The van der Waals surface area contributed by atoms with Gasteiger partial charge in [0.25, 0.3) is 5.91 Å². The molecule has 1 atom stereocenters. The summed E-state index contributed by atoms with van der Waals surface area (Å²) in [6.45, 7) is 0.545. The lowest BCUT2D eigenvalue weighted by Gasteiger charge is -2.34. The molecule has 1 aromatic heterocycles. The third-order valence-electron chi connectivity index (χ3n) is 4.02. The second-order valence-electron chi connectivity index (χ2n) is 5.64. The topological polar surface area (TPSA) is 62.6 Å². The zero-order valence-electron chi connectivity index (χ0n) is 12.8. The Labute approximate surface area is 149 Å². The first-order valence-corrected chi connectivity index (χ1v) is 8.41. The molecule has 0 bridgehead atoms. The first-order valence-electron chi connectivity index (χ1n) is 7.65. The average molecular weight is 367 g/mol. The van der Waals surface area contributed by atoms with E-state index >= 15 is 0 Å². The van der Waals surface area contributed by atoms with Crippen LogP contribution in [0, 0.1) is 0 Å². The van der Waals surface area contributed by atoms with Gasteiger partial charge >= 0.3 is 0 Å². The van der Waals surface area contributed by atoms with Crippen LogP contribution in [0.1, 0.15) is 29.6 Å². The zero-order valence-corrected chi connectivity index (χ0v) is 14.3. The van der Waals surface area contributed by atoms with Crippen LogP contribution in [0.15, 0.2) is 41.2 Å². The summed E-state index contributed by atoms with van der Waals surface area (Å²) < 4.78 is 4.97. The van der Waals surface area contributed by atoms with Crippen molar-refractivity contribution >= 4 is 40.7 Å². The van der Waals surface area contributed by atoms with Crippen LogP contribution in [0.2, 0.25) is 10.0 Å². The monoisotopic (exact) mass is 366 g/mol. The second kappa shape index (κ2) is 7.28. The number of carbonyl (C=O) groups excluding carboxylic acids is 2. The Morgan fingerprint density at radius 1 is 1.17 bits per heavy atom. The number of carbonyl (C=O) groups is 2. The fourth-order valence-corrected chi connectivity index (χ4v) is 3.10. The highest BCUT2D eigenvalue weighted by Gasteiger charge is 2.33. The van der Waals surface area contributed by atoms with Crippen LogP contribution < -0.4 is 5.32 Å². The summed E-state index contributed by atoms with van der Waals surface area (Å²) in [4.78, 5) is 26.8. The number of anilines is 1. The van der Waals surface area contributed by atoms with Crippen LogP contribution in [0.4, 0.5) is 5.69 Å². The number of likely N-dealkylation sites (tertiary alicyclic amines) is 1. The number of rotatable bonds is 3. The molecular weight excluding hydrogens is 351 g/mol. The number of nitrogens with zero attached hydrogens (tertiary/aromatic N) is 1. The fraction of sp³-hybridized carbons (Fsp3) is 0.294. The smallest absolute Gasteiger partial charge is 0.257 e. The molecule has 0 spiro atoms. The highest BCUT2D eigenvalue weighted by atomic mass is 35.5. The molecule has 0 aliphatic carbocycles. The molecule has 1 aliphatic rings. The van der Waals surface area contributed by atoms with E-state index < -0.39 is 6.04 Å². The summed E-state index contributed by atoms with van der Waals surface area (Å²) in [6, 6.07) is 5.97. The number of furan rings is 1. The van der Waals surface area contributed by atoms with E-state index in [-0.39, 0.29) is 11.8 Å².